The Balaban J connectivity index is 1.59. The SMILES string of the molecule is O=C(O)c1cnn2c(-c3cccc(-c4ccccc4Oc4ccccc4)c3)ccnc12. The lowest BCUT2D eigenvalue weighted by atomic mass is 10.0. The van der Waals surface area contributed by atoms with Crippen molar-refractivity contribution >= 4 is 11.6 Å². The summed E-state index contributed by atoms with van der Waals surface area (Å²) in [6.07, 6.45) is 2.92. The number of carboxylic acids is 1. The van der Waals surface area contributed by atoms with Crippen LogP contribution in [0.25, 0.3) is 28.0 Å². The normalized spacial score (nSPS) is 10.8. The minimum atomic E-state index is -1.06. The van der Waals surface area contributed by atoms with Crippen molar-refractivity contribution < 1.29 is 14.6 Å². The third kappa shape index (κ3) is 3.51. The van der Waals surface area contributed by atoms with Gasteiger partial charge in [-0.25, -0.2) is 14.3 Å². The highest BCUT2D eigenvalue weighted by atomic mass is 16.5. The monoisotopic (exact) mass is 407 g/mol. The zero-order chi connectivity index (χ0) is 21.2. The number of aromatic nitrogens is 3. The predicted molar refractivity (Wildman–Crippen MR) is 117 cm³/mol. The van der Waals surface area contributed by atoms with E-state index in [1.54, 1.807) is 10.7 Å². The van der Waals surface area contributed by atoms with Crippen molar-refractivity contribution in [2.45, 2.75) is 0 Å². The quantitative estimate of drug-likeness (QED) is 0.413. The lowest BCUT2D eigenvalue weighted by Crippen LogP contribution is -1.99. The van der Waals surface area contributed by atoms with Crippen LogP contribution in [0.15, 0.2) is 97.3 Å². The van der Waals surface area contributed by atoms with Crippen LogP contribution in [0, 0.1) is 0 Å². The number of ether oxygens (including phenoxy) is 1. The maximum atomic E-state index is 11.4. The molecule has 0 unspecified atom stereocenters. The molecular formula is C25H17N3O3. The van der Waals surface area contributed by atoms with Gasteiger partial charge in [-0.05, 0) is 35.9 Å². The Morgan fingerprint density at radius 3 is 2.48 bits per heavy atom. The maximum Gasteiger partial charge on any atom is 0.341 e. The maximum absolute atomic E-state index is 11.4. The van der Waals surface area contributed by atoms with Crippen molar-refractivity contribution in [2.24, 2.45) is 0 Å². The molecule has 31 heavy (non-hydrogen) atoms. The molecule has 0 radical (unpaired) electrons. The van der Waals surface area contributed by atoms with E-state index in [0.717, 1.165) is 33.9 Å². The lowest BCUT2D eigenvalue weighted by Gasteiger charge is -2.13. The first kappa shape index (κ1) is 18.6. The van der Waals surface area contributed by atoms with Crippen molar-refractivity contribution in [3.63, 3.8) is 0 Å². The number of benzene rings is 3. The molecule has 150 valence electrons. The van der Waals surface area contributed by atoms with Gasteiger partial charge >= 0.3 is 5.97 Å². The molecule has 0 saturated heterocycles. The van der Waals surface area contributed by atoms with Crippen LogP contribution >= 0.6 is 0 Å². The number of carbonyl (C=O) groups is 1. The van der Waals surface area contributed by atoms with E-state index in [1.165, 1.54) is 6.20 Å². The molecule has 0 bridgehead atoms. The molecule has 0 aliphatic carbocycles. The van der Waals surface area contributed by atoms with Gasteiger partial charge in [-0.3, -0.25) is 0 Å². The van der Waals surface area contributed by atoms with E-state index in [9.17, 15) is 9.90 Å². The molecule has 0 aliphatic heterocycles. The summed E-state index contributed by atoms with van der Waals surface area (Å²) >= 11 is 0. The molecule has 3 aromatic carbocycles. The van der Waals surface area contributed by atoms with Crippen LogP contribution in [-0.2, 0) is 0 Å². The van der Waals surface area contributed by atoms with E-state index in [0.29, 0.717) is 5.65 Å². The van der Waals surface area contributed by atoms with Gasteiger partial charge in [-0.15, -0.1) is 0 Å². The minimum absolute atomic E-state index is 0.0691. The van der Waals surface area contributed by atoms with E-state index in [1.807, 2.05) is 84.9 Å². The molecule has 6 nitrogen and oxygen atoms in total. The summed E-state index contributed by atoms with van der Waals surface area (Å²) in [5, 5.41) is 13.6. The predicted octanol–water partition coefficient (Wildman–Crippen LogP) is 5.55. The van der Waals surface area contributed by atoms with Crippen LogP contribution in [-0.4, -0.2) is 25.7 Å². The summed E-state index contributed by atoms with van der Waals surface area (Å²) in [7, 11) is 0. The van der Waals surface area contributed by atoms with Crippen LogP contribution in [0.2, 0.25) is 0 Å². The zero-order valence-corrected chi connectivity index (χ0v) is 16.3. The van der Waals surface area contributed by atoms with E-state index in [-0.39, 0.29) is 5.56 Å². The fourth-order valence-corrected chi connectivity index (χ4v) is 3.52. The van der Waals surface area contributed by atoms with Gasteiger partial charge < -0.3 is 9.84 Å². The zero-order valence-electron chi connectivity index (χ0n) is 16.3. The summed E-state index contributed by atoms with van der Waals surface area (Å²) in [4.78, 5) is 15.6. The molecule has 6 heteroatoms. The molecule has 1 N–H and O–H groups in total. The second-order valence-corrected chi connectivity index (χ2v) is 6.92. The number of aromatic carboxylic acids is 1. The van der Waals surface area contributed by atoms with Crippen molar-refractivity contribution in [3.8, 4) is 33.9 Å². The summed E-state index contributed by atoms with van der Waals surface area (Å²) < 4.78 is 7.67. The van der Waals surface area contributed by atoms with Crippen molar-refractivity contribution in [3.05, 3.63) is 103 Å². The number of para-hydroxylation sites is 2. The van der Waals surface area contributed by atoms with E-state index < -0.39 is 5.97 Å². The molecule has 0 amide bonds. The van der Waals surface area contributed by atoms with Crippen molar-refractivity contribution in [1.29, 1.82) is 0 Å². The molecule has 0 aliphatic rings. The highest BCUT2D eigenvalue weighted by Gasteiger charge is 2.16. The average Bonchev–Trinajstić information content (AvgIpc) is 3.25. The Morgan fingerprint density at radius 2 is 1.65 bits per heavy atom. The summed E-state index contributed by atoms with van der Waals surface area (Å²) in [6, 6.07) is 27.3. The highest BCUT2D eigenvalue weighted by molar-refractivity contribution is 5.94. The van der Waals surface area contributed by atoms with Gasteiger partial charge in [0.1, 0.15) is 17.1 Å². The molecule has 0 saturated carbocycles. The van der Waals surface area contributed by atoms with Crippen LogP contribution in [0.3, 0.4) is 0 Å². The molecule has 2 heterocycles. The van der Waals surface area contributed by atoms with Gasteiger partial charge in [0.25, 0.3) is 0 Å². The molecule has 0 spiro atoms. The fraction of sp³-hybridized carbons (Fsp3) is 0. The molecule has 5 aromatic rings. The summed E-state index contributed by atoms with van der Waals surface area (Å²) in [5.74, 6) is 0.457. The largest absolute Gasteiger partial charge is 0.477 e. The first-order valence-corrected chi connectivity index (χ1v) is 9.69. The van der Waals surface area contributed by atoms with Crippen molar-refractivity contribution in [1.82, 2.24) is 14.6 Å². The van der Waals surface area contributed by atoms with E-state index in [2.05, 4.69) is 10.1 Å². The summed E-state index contributed by atoms with van der Waals surface area (Å²) in [6.45, 7) is 0. The van der Waals surface area contributed by atoms with Crippen molar-refractivity contribution in [2.75, 3.05) is 0 Å². The Kier molecular flexibility index (Phi) is 4.65. The van der Waals surface area contributed by atoms with Crippen LogP contribution in [0.1, 0.15) is 10.4 Å². The Morgan fingerprint density at radius 1 is 0.871 bits per heavy atom. The van der Waals surface area contributed by atoms with Gasteiger partial charge in [0.05, 0.1) is 11.9 Å². The highest BCUT2D eigenvalue weighted by Crippen LogP contribution is 2.35. The van der Waals surface area contributed by atoms with Crippen LogP contribution in [0.5, 0.6) is 11.5 Å². The first-order valence-electron chi connectivity index (χ1n) is 9.69. The number of hydrogen-bond acceptors (Lipinski definition) is 4. The van der Waals surface area contributed by atoms with Gasteiger partial charge in [0.2, 0.25) is 0 Å². The number of carboxylic acid groups (broad SMARTS) is 1. The fourth-order valence-electron chi connectivity index (χ4n) is 3.52. The van der Waals surface area contributed by atoms with Gasteiger partial charge in [-0.1, -0.05) is 54.6 Å². The number of nitrogens with zero attached hydrogens (tertiary/aromatic N) is 3. The first-order chi connectivity index (χ1) is 15.2. The smallest absolute Gasteiger partial charge is 0.341 e. The summed E-state index contributed by atoms with van der Waals surface area (Å²) in [5.41, 5.74) is 3.94. The Bertz CT molecular complexity index is 1390. The van der Waals surface area contributed by atoms with Crippen LogP contribution in [0.4, 0.5) is 0 Å². The number of hydrogen-bond donors (Lipinski definition) is 1. The topological polar surface area (TPSA) is 76.7 Å². The van der Waals surface area contributed by atoms with Crippen LogP contribution < -0.4 is 4.74 Å². The second kappa shape index (κ2) is 7.76. The molecule has 2 aromatic heterocycles. The van der Waals surface area contributed by atoms with E-state index in [4.69, 9.17) is 4.74 Å². The number of fused-ring (bicyclic) bond motifs is 1. The molecule has 0 fully saturated rings. The Hall–Kier alpha value is -4.45. The third-order valence-electron chi connectivity index (χ3n) is 4.96. The second-order valence-electron chi connectivity index (χ2n) is 6.92. The average molecular weight is 407 g/mol. The lowest BCUT2D eigenvalue weighted by molar-refractivity contribution is 0.0698. The van der Waals surface area contributed by atoms with Gasteiger partial charge in [-0.2, -0.15) is 5.10 Å². The van der Waals surface area contributed by atoms with Gasteiger partial charge in [0, 0.05) is 17.3 Å². The molecule has 5 rings (SSSR count). The van der Waals surface area contributed by atoms with Gasteiger partial charge in [0.15, 0.2) is 5.65 Å². The third-order valence-corrected chi connectivity index (χ3v) is 4.96. The minimum Gasteiger partial charge on any atom is -0.477 e. The standard InChI is InChI=1S/C25H17N3O3/c29-25(30)21-16-27-28-22(13-14-26-24(21)28)18-8-6-7-17(15-18)20-11-4-5-12-23(20)31-19-9-2-1-3-10-19/h1-16H,(H,29,30). The Labute approximate surface area is 178 Å². The molecular weight excluding hydrogens is 390 g/mol. The van der Waals surface area contributed by atoms with E-state index >= 15 is 0 Å². The number of rotatable bonds is 5. The molecule has 0 atom stereocenters.